The Kier molecular flexibility index (Phi) is 4.62. The standard InChI is InChI=1S/C17H22N2O4S/c1-19(10-12-5-3-2-4-6-12)17(21)15-9-14(15)16(20)18-13-7-8-24(22,23)11-13/h2-6,13-15H,7-11H2,1H3,(H,18,20). The summed E-state index contributed by atoms with van der Waals surface area (Å²) in [6, 6.07) is 9.40. The largest absolute Gasteiger partial charge is 0.352 e. The van der Waals surface area contributed by atoms with E-state index in [9.17, 15) is 18.0 Å². The second-order valence-corrected chi connectivity index (χ2v) is 8.97. The number of carbonyl (C=O) groups excluding carboxylic acids is 2. The van der Waals surface area contributed by atoms with Crippen molar-refractivity contribution in [2.75, 3.05) is 18.6 Å². The molecule has 0 spiro atoms. The number of carbonyl (C=O) groups is 2. The van der Waals surface area contributed by atoms with Gasteiger partial charge in [-0.05, 0) is 18.4 Å². The van der Waals surface area contributed by atoms with Gasteiger partial charge in [0.15, 0.2) is 9.84 Å². The highest BCUT2D eigenvalue weighted by molar-refractivity contribution is 7.91. The van der Waals surface area contributed by atoms with Crippen molar-refractivity contribution >= 4 is 21.7 Å². The highest BCUT2D eigenvalue weighted by Crippen LogP contribution is 2.40. The molecular weight excluding hydrogens is 328 g/mol. The number of hydrogen-bond acceptors (Lipinski definition) is 4. The topological polar surface area (TPSA) is 83.6 Å². The van der Waals surface area contributed by atoms with Gasteiger partial charge in [0.2, 0.25) is 11.8 Å². The first kappa shape index (κ1) is 17.0. The van der Waals surface area contributed by atoms with E-state index in [1.807, 2.05) is 30.3 Å². The minimum absolute atomic E-state index is 0.0119. The normalized spacial score (nSPS) is 27.5. The SMILES string of the molecule is CN(Cc1ccccc1)C(=O)C1CC1C(=O)NC1CCS(=O)(=O)C1. The first-order valence-electron chi connectivity index (χ1n) is 8.15. The van der Waals surface area contributed by atoms with Crippen LogP contribution in [0.4, 0.5) is 0 Å². The van der Waals surface area contributed by atoms with Gasteiger partial charge in [-0.25, -0.2) is 8.42 Å². The summed E-state index contributed by atoms with van der Waals surface area (Å²) in [5, 5.41) is 2.78. The second kappa shape index (κ2) is 6.55. The van der Waals surface area contributed by atoms with Gasteiger partial charge < -0.3 is 10.2 Å². The fraction of sp³-hybridized carbons (Fsp3) is 0.529. The summed E-state index contributed by atoms with van der Waals surface area (Å²) in [6.07, 6.45) is 1.01. The lowest BCUT2D eigenvalue weighted by atomic mass is 10.2. The smallest absolute Gasteiger partial charge is 0.226 e. The zero-order valence-corrected chi connectivity index (χ0v) is 14.5. The van der Waals surface area contributed by atoms with Crippen molar-refractivity contribution in [1.29, 1.82) is 0 Å². The first-order chi connectivity index (χ1) is 11.4. The maximum absolute atomic E-state index is 12.4. The first-order valence-corrected chi connectivity index (χ1v) is 9.97. The summed E-state index contributed by atoms with van der Waals surface area (Å²) >= 11 is 0. The molecule has 1 aliphatic heterocycles. The molecule has 1 saturated carbocycles. The molecule has 1 heterocycles. The highest BCUT2D eigenvalue weighted by Gasteiger charge is 2.49. The van der Waals surface area contributed by atoms with E-state index in [4.69, 9.17) is 0 Å². The van der Waals surface area contributed by atoms with Crippen molar-refractivity contribution in [3.05, 3.63) is 35.9 Å². The molecule has 1 saturated heterocycles. The lowest BCUT2D eigenvalue weighted by molar-refractivity contribution is -0.134. The highest BCUT2D eigenvalue weighted by atomic mass is 32.2. The number of hydrogen-bond donors (Lipinski definition) is 1. The summed E-state index contributed by atoms with van der Waals surface area (Å²) in [6.45, 7) is 0.519. The Hall–Kier alpha value is -1.89. The van der Waals surface area contributed by atoms with Gasteiger partial charge in [-0.1, -0.05) is 30.3 Å². The van der Waals surface area contributed by atoms with Crippen LogP contribution in [0.2, 0.25) is 0 Å². The third kappa shape index (κ3) is 3.95. The average Bonchev–Trinajstić information content (AvgIpc) is 3.26. The molecule has 1 aromatic carbocycles. The number of amides is 2. The van der Waals surface area contributed by atoms with E-state index in [0.29, 0.717) is 19.4 Å². The van der Waals surface area contributed by atoms with E-state index in [-0.39, 0.29) is 41.2 Å². The average molecular weight is 350 g/mol. The maximum Gasteiger partial charge on any atom is 0.226 e. The third-order valence-corrected chi connectivity index (χ3v) is 6.43. The molecule has 0 bridgehead atoms. The molecule has 2 fully saturated rings. The molecule has 7 heteroatoms. The van der Waals surface area contributed by atoms with Gasteiger partial charge in [-0.15, -0.1) is 0 Å². The quantitative estimate of drug-likeness (QED) is 0.842. The van der Waals surface area contributed by atoms with Crippen molar-refractivity contribution in [1.82, 2.24) is 10.2 Å². The lowest BCUT2D eigenvalue weighted by Gasteiger charge is -2.17. The summed E-state index contributed by atoms with van der Waals surface area (Å²) in [7, 11) is -1.27. The maximum atomic E-state index is 12.4. The number of benzene rings is 1. The van der Waals surface area contributed by atoms with Crippen LogP contribution in [0.25, 0.3) is 0 Å². The molecule has 1 N–H and O–H groups in total. The van der Waals surface area contributed by atoms with Crippen molar-refractivity contribution in [3.63, 3.8) is 0 Å². The molecule has 24 heavy (non-hydrogen) atoms. The zero-order valence-electron chi connectivity index (χ0n) is 13.6. The molecule has 1 aromatic rings. The fourth-order valence-corrected chi connectivity index (χ4v) is 4.87. The number of nitrogens with zero attached hydrogens (tertiary/aromatic N) is 1. The van der Waals surface area contributed by atoms with Crippen LogP contribution in [-0.4, -0.2) is 49.7 Å². The van der Waals surface area contributed by atoms with Gasteiger partial charge in [0.05, 0.1) is 23.3 Å². The van der Waals surface area contributed by atoms with Crippen LogP contribution >= 0.6 is 0 Å². The van der Waals surface area contributed by atoms with Gasteiger partial charge >= 0.3 is 0 Å². The van der Waals surface area contributed by atoms with Crippen LogP contribution in [-0.2, 0) is 26.0 Å². The molecular formula is C17H22N2O4S. The van der Waals surface area contributed by atoms with E-state index >= 15 is 0 Å². The zero-order chi connectivity index (χ0) is 17.3. The molecule has 0 radical (unpaired) electrons. The number of sulfone groups is 1. The minimum Gasteiger partial charge on any atom is -0.352 e. The van der Waals surface area contributed by atoms with Crippen LogP contribution in [0.5, 0.6) is 0 Å². The molecule has 130 valence electrons. The number of rotatable bonds is 5. The van der Waals surface area contributed by atoms with Gasteiger partial charge in [0, 0.05) is 19.6 Å². The van der Waals surface area contributed by atoms with Crippen molar-refractivity contribution < 1.29 is 18.0 Å². The van der Waals surface area contributed by atoms with Crippen LogP contribution in [0, 0.1) is 11.8 Å². The molecule has 3 rings (SSSR count). The molecule has 2 aliphatic rings. The molecule has 2 amide bonds. The van der Waals surface area contributed by atoms with E-state index in [0.717, 1.165) is 5.56 Å². The monoisotopic (exact) mass is 350 g/mol. The van der Waals surface area contributed by atoms with Gasteiger partial charge in [0.25, 0.3) is 0 Å². The Morgan fingerprint density at radius 1 is 1.21 bits per heavy atom. The van der Waals surface area contributed by atoms with Crippen LogP contribution in [0.15, 0.2) is 30.3 Å². The van der Waals surface area contributed by atoms with Crippen LogP contribution in [0.1, 0.15) is 18.4 Å². The molecule has 3 atom stereocenters. The van der Waals surface area contributed by atoms with E-state index in [1.165, 1.54) is 0 Å². The molecule has 3 unspecified atom stereocenters. The molecule has 0 aromatic heterocycles. The van der Waals surface area contributed by atoms with E-state index < -0.39 is 9.84 Å². The second-order valence-electron chi connectivity index (χ2n) is 6.74. The predicted molar refractivity (Wildman–Crippen MR) is 89.7 cm³/mol. The summed E-state index contributed by atoms with van der Waals surface area (Å²) in [5.41, 5.74) is 1.05. The fourth-order valence-electron chi connectivity index (χ4n) is 3.19. The summed E-state index contributed by atoms with van der Waals surface area (Å²) < 4.78 is 22.9. The Balaban J connectivity index is 1.49. The van der Waals surface area contributed by atoms with Crippen molar-refractivity contribution in [2.45, 2.75) is 25.4 Å². The van der Waals surface area contributed by atoms with Crippen molar-refractivity contribution in [2.24, 2.45) is 11.8 Å². The summed E-state index contributed by atoms with van der Waals surface area (Å²) in [4.78, 5) is 26.3. The van der Waals surface area contributed by atoms with Gasteiger partial charge in [-0.2, -0.15) is 0 Å². The Bertz CT molecular complexity index is 732. The van der Waals surface area contributed by atoms with E-state index in [2.05, 4.69) is 5.32 Å². The van der Waals surface area contributed by atoms with Crippen molar-refractivity contribution in [3.8, 4) is 0 Å². The lowest BCUT2D eigenvalue weighted by Crippen LogP contribution is -2.38. The van der Waals surface area contributed by atoms with E-state index in [1.54, 1.807) is 11.9 Å². The summed E-state index contributed by atoms with van der Waals surface area (Å²) in [5.74, 6) is -0.680. The molecule has 6 nitrogen and oxygen atoms in total. The Morgan fingerprint density at radius 2 is 1.92 bits per heavy atom. The van der Waals surface area contributed by atoms with Crippen LogP contribution < -0.4 is 5.32 Å². The Labute approximate surface area is 142 Å². The van der Waals surface area contributed by atoms with Crippen LogP contribution in [0.3, 0.4) is 0 Å². The minimum atomic E-state index is -3.01. The van der Waals surface area contributed by atoms with Gasteiger partial charge in [0.1, 0.15) is 0 Å². The number of nitrogens with one attached hydrogen (secondary N) is 1. The molecule has 1 aliphatic carbocycles. The van der Waals surface area contributed by atoms with Gasteiger partial charge in [-0.3, -0.25) is 9.59 Å². The Morgan fingerprint density at radius 3 is 2.54 bits per heavy atom. The third-order valence-electron chi connectivity index (χ3n) is 4.66. The predicted octanol–water partition coefficient (Wildman–Crippen LogP) is 0.584.